The molecule has 0 saturated heterocycles. The topological polar surface area (TPSA) is 44.8 Å². The maximum atomic E-state index is 12.3. The van der Waals surface area contributed by atoms with Crippen molar-refractivity contribution < 1.29 is 19.6 Å². The molecule has 2 aromatic carbocycles. The fraction of sp³-hybridized carbons (Fsp3) is 0.0714. The van der Waals surface area contributed by atoms with Gasteiger partial charge in [-0.05, 0) is 17.2 Å². The molecule has 0 aliphatic rings. The summed E-state index contributed by atoms with van der Waals surface area (Å²) >= 11 is 0. The van der Waals surface area contributed by atoms with Gasteiger partial charge in [0.1, 0.15) is 0 Å². The quantitative estimate of drug-likeness (QED) is 0.461. The van der Waals surface area contributed by atoms with Crippen molar-refractivity contribution in [1.82, 2.24) is 0 Å². The van der Waals surface area contributed by atoms with Crippen molar-refractivity contribution in [3.8, 4) is 5.75 Å². The second-order valence-corrected chi connectivity index (χ2v) is 3.51. The van der Waals surface area contributed by atoms with Gasteiger partial charge in [-0.1, -0.05) is 42.5 Å². The van der Waals surface area contributed by atoms with E-state index in [2.05, 4.69) is 9.93 Å². The van der Waals surface area contributed by atoms with E-state index in [4.69, 9.17) is 4.89 Å². The summed E-state index contributed by atoms with van der Waals surface area (Å²) in [5.74, 6) is 0.180. The Hall–Kier alpha value is -2.17. The highest BCUT2D eigenvalue weighted by Gasteiger charge is 2.14. The van der Waals surface area contributed by atoms with Crippen LogP contribution < -0.4 is 4.89 Å². The third-order valence-corrected chi connectivity index (χ3v) is 2.36. The lowest BCUT2D eigenvalue weighted by molar-refractivity contribution is -0.453. The van der Waals surface area contributed by atoms with Crippen LogP contribution in [0.1, 0.15) is 15.9 Å². The molecular weight excluding hydrogens is 232 g/mol. The molecule has 0 heterocycles. The second kappa shape index (κ2) is 5.95. The van der Waals surface area contributed by atoms with E-state index in [0.717, 1.165) is 0 Å². The third kappa shape index (κ3) is 2.74. The predicted octanol–water partition coefficient (Wildman–Crippen LogP) is 2.79. The van der Waals surface area contributed by atoms with Gasteiger partial charge in [0.25, 0.3) is 0 Å². The van der Waals surface area contributed by atoms with E-state index in [1.165, 1.54) is 7.11 Å². The van der Waals surface area contributed by atoms with Crippen LogP contribution in [0, 0.1) is 0 Å². The zero-order valence-corrected chi connectivity index (χ0v) is 9.83. The molecule has 0 atom stereocenters. The molecule has 0 N–H and O–H groups in total. The third-order valence-electron chi connectivity index (χ3n) is 2.36. The van der Waals surface area contributed by atoms with E-state index < -0.39 is 0 Å². The van der Waals surface area contributed by atoms with Gasteiger partial charge in [0.15, 0.2) is 11.5 Å². The molecule has 0 unspecified atom stereocenters. The highest BCUT2D eigenvalue weighted by atomic mass is 17.5. The number of benzene rings is 2. The Balaban J connectivity index is 2.30. The molecule has 0 spiro atoms. The molecule has 0 fully saturated rings. The average Bonchev–Trinajstić information content (AvgIpc) is 2.45. The van der Waals surface area contributed by atoms with Crippen molar-refractivity contribution >= 4 is 5.78 Å². The number of carbonyl (C=O) groups excluding carboxylic acids is 1. The summed E-state index contributed by atoms with van der Waals surface area (Å²) in [6.07, 6.45) is 0. The Bertz CT molecular complexity index is 522. The molecule has 0 aliphatic heterocycles. The molecule has 2 aromatic rings. The van der Waals surface area contributed by atoms with Crippen LogP contribution in [-0.4, -0.2) is 12.9 Å². The van der Waals surface area contributed by atoms with E-state index in [9.17, 15) is 4.79 Å². The van der Waals surface area contributed by atoms with Crippen molar-refractivity contribution in [3.63, 3.8) is 0 Å². The molecule has 0 bridgehead atoms. The smallest absolute Gasteiger partial charge is 0.196 e. The lowest BCUT2D eigenvalue weighted by Gasteiger charge is -2.07. The first-order valence-electron chi connectivity index (χ1n) is 5.39. The van der Waals surface area contributed by atoms with Crippen LogP contribution >= 0.6 is 0 Å². The number of para-hydroxylation sites is 1. The van der Waals surface area contributed by atoms with Gasteiger partial charge < -0.3 is 4.89 Å². The van der Waals surface area contributed by atoms with Gasteiger partial charge >= 0.3 is 0 Å². The number of hydrogen-bond donors (Lipinski definition) is 0. The molecule has 18 heavy (non-hydrogen) atoms. The van der Waals surface area contributed by atoms with Gasteiger partial charge in [-0.15, -0.1) is 0 Å². The van der Waals surface area contributed by atoms with Crippen molar-refractivity contribution in [2.24, 2.45) is 0 Å². The molecule has 0 amide bonds. The van der Waals surface area contributed by atoms with Crippen molar-refractivity contribution in [1.29, 1.82) is 0 Å². The van der Waals surface area contributed by atoms with Crippen LogP contribution in [0.25, 0.3) is 0 Å². The van der Waals surface area contributed by atoms with Crippen molar-refractivity contribution in [3.05, 3.63) is 65.7 Å². The molecular formula is C14H12O4. The summed E-state index contributed by atoms with van der Waals surface area (Å²) in [6.45, 7) is 0. The van der Waals surface area contributed by atoms with E-state index in [-0.39, 0.29) is 5.78 Å². The lowest BCUT2D eigenvalue weighted by Crippen LogP contribution is -2.05. The van der Waals surface area contributed by atoms with Crippen molar-refractivity contribution in [2.75, 3.05) is 7.11 Å². The van der Waals surface area contributed by atoms with Gasteiger partial charge in [0, 0.05) is 5.56 Å². The summed E-state index contributed by atoms with van der Waals surface area (Å²) < 4.78 is 0. The maximum absolute atomic E-state index is 12.3. The minimum atomic E-state index is -0.133. The number of hydrogen-bond acceptors (Lipinski definition) is 4. The van der Waals surface area contributed by atoms with Crippen LogP contribution in [0.2, 0.25) is 0 Å². The van der Waals surface area contributed by atoms with Crippen LogP contribution in [0.3, 0.4) is 0 Å². The average molecular weight is 244 g/mol. The summed E-state index contributed by atoms with van der Waals surface area (Å²) in [4.78, 5) is 21.5. The molecule has 0 radical (unpaired) electrons. The Morgan fingerprint density at radius 3 is 2.33 bits per heavy atom. The van der Waals surface area contributed by atoms with Gasteiger partial charge in [0.2, 0.25) is 0 Å². The highest BCUT2D eigenvalue weighted by molar-refractivity contribution is 6.10. The summed E-state index contributed by atoms with van der Waals surface area (Å²) in [7, 11) is 1.32. The minimum absolute atomic E-state index is 0.133. The standard InChI is InChI=1S/C14H12O4/c1-16-18-17-13-10-6-5-9-12(13)14(15)11-7-3-2-4-8-11/h2-10H,1H3. The second-order valence-electron chi connectivity index (χ2n) is 3.51. The Morgan fingerprint density at radius 1 is 0.944 bits per heavy atom. The highest BCUT2D eigenvalue weighted by Crippen LogP contribution is 2.21. The first-order chi connectivity index (χ1) is 8.83. The minimum Gasteiger partial charge on any atom is -0.308 e. The lowest BCUT2D eigenvalue weighted by atomic mass is 10.0. The van der Waals surface area contributed by atoms with Crippen molar-refractivity contribution in [2.45, 2.75) is 0 Å². The monoisotopic (exact) mass is 244 g/mol. The summed E-state index contributed by atoms with van der Waals surface area (Å²) in [5.41, 5.74) is 1.01. The van der Waals surface area contributed by atoms with Gasteiger partial charge in [-0.2, -0.15) is 4.89 Å². The van der Waals surface area contributed by atoms with Crippen LogP contribution in [-0.2, 0) is 9.93 Å². The Labute approximate surface area is 105 Å². The van der Waals surface area contributed by atoms with Crippen LogP contribution in [0.4, 0.5) is 0 Å². The molecule has 0 saturated carbocycles. The van der Waals surface area contributed by atoms with Gasteiger partial charge in [-0.3, -0.25) is 4.79 Å². The van der Waals surface area contributed by atoms with E-state index >= 15 is 0 Å². The zero-order chi connectivity index (χ0) is 12.8. The maximum Gasteiger partial charge on any atom is 0.196 e. The largest absolute Gasteiger partial charge is 0.308 e. The number of carbonyl (C=O) groups is 1. The molecule has 2 rings (SSSR count). The van der Waals surface area contributed by atoms with Crippen LogP contribution in [0.15, 0.2) is 54.6 Å². The SMILES string of the molecule is COOOc1ccccc1C(=O)c1ccccc1. The molecule has 0 aliphatic carbocycles. The van der Waals surface area contributed by atoms with E-state index in [1.54, 1.807) is 36.4 Å². The molecule has 92 valence electrons. The summed E-state index contributed by atoms with van der Waals surface area (Å²) in [5, 5.41) is 4.39. The first-order valence-corrected chi connectivity index (χ1v) is 5.39. The Kier molecular flexibility index (Phi) is 4.06. The number of rotatable bonds is 5. The van der Waals surface area contributed by atoms with Crippen LogP contribution in [0.5, 0.6) is 5.75 Å². The molecule has 4 nitrogen and oxygen atoms in total. The number of ketones is 1. The predicted molar refractivity (Wildman–Crippen MR) is 65.0 cm³/mol. The summed E-state index contributed by atoms with van der Waals surface area (Å²) in [6, 6.07) is 15.8. The normalized spacial score (nSPS) is 10.1. The molecule has 0 aromatic heterocycles. The van der Waals surface area contributed by atoms with E-state index in [1.807, 2.05) is 18.2 Å². The Morgan fingerprint density at radius 2 is 1.61 bits per heavy atom. The fourth-order valence-electron chi connectivity index (χ4n) is 1.54. The van der Waals surface area contributed by atoms with Gasteiger partial charge in [0.05, 0.1) is 12.7 Å². The zero-order valence-electron chi connectivity index (χ0n) is 9.83. The first kappa shape index (κ1) is 12.3. The van der Waals surface area contributed by atoms with Gasteiger partial charge in [-0.25, -0.2) is 0 Å². The van der Waals surface area contributed by atoms with E-state index in [0.29, 0.717) is 16.9 Å². The molecule has 4 heteroatoms. The fourth-order valence-corrected chi connectivity index (χ4v) is 1.54.